The van der Waals surface area contributed by atoms with Gasteiger partial charge in [-0.15, -0.1) is 0 Å². The second kappa shape index (κ2) is 5.25. The molecule has 0 fully saturated rings. The van der Waals surface area contributed by atoms with Gasteiger partial charge in [0.15, 0.2) is 0 Å². The fourth-order valence-corrected chi connectivity index (χ4v) is 3.34. The van der Waals surface area contributed by atoms with Gasteiger partial charge in [0.25, 0.3) is 0 Å². The van der Waals surface area contributed by atoms with Gasteiger partial charge in [0, 0.05) is 19.3 Å². The largest absolute Gasteiger partial charge is 0.399 e. The molecule has 96 valence electrons. The second-order valence-corrected chi connectivity index (χ2v) is 6.79. The molecular formula is C11H17ClN2O2S. The minimum atomic E-state index is -3.57. The summed E-state index contributed by atoms with van der Waals surface area (Å²) in [6.07, 6.45) is 0. The van der Waals surface area contributed by atoms with Gasteiger partial charge in [0.05, 0.1) is 5.02 Å². The van der Waals surface area contributed by atoms with Crippen molar-refractivity contribution in [2.45, 2.75) is 18.7 Å². The van der Waals surface area contributed by atoms with Crippen LogP contribution in [0.25, 0.3) is 0 Å². The number of nitrogen functional groups attached to an aromatic ring is 1. The molecule has 0 aliphatic carbocycles. The third-order valence-electron chi connectivity index (χ3n) is 2.27. The lowest BCUT2D eigenvalue weighted by molar-refractivity contribution is 0.417. The minimum absolute atomic E-state index is 0.0577. The van der Waals surface area contributed by atoms with Gasteiger partial charge >= 0.3 is 0 Å². The van der Waals surface area contributed by atoms with Crippen LogP contribution >= 0.6 is 11.6 Å². The lowest BCUT2D eigenvalue weighted by Gasteiger charge is -2.20. The normalized spacial score (nSPS) is 12.4. The number of sulfonamides is 1. The van der Waals surface area contributed by atoms with E-state index >= 15 is 0 Å². The van der Waals surface area contributed by atoms with Crippen molar-refractivity contribution < 1.29 is 8.42 Å². The highest BCUT2D eigenvalue weighted by Gasteiger charge is 2.24. The van der Waals surface area contributed by atoms with Crippen LogP contribution in [0.15, 0.2) is 23.1 Å². The molecule has 1 aromatic carbocycles. The number of nitrogens with zero attached hydrogens (tertiary/aromatic N) is 1. The van der Waals surface area contributed by atoms with Crippen molar-refractivity contribution >= 4 is 27.3 Å². The van der Waals surface area contributed by atoms with Crippen molar-refractivity contribution in [3.8, 4) is 0 Å². The lowest BCUT2D eigenvalue weighted by Crippen LogP contribution is -2.30. The number of hydrogen-bond acceptors (Lipinski definition) is 3. The Morgan fingerprint density at radius 1 is 1.41 bits per heavy atom. The van der Waals surface area contributed by atoms with E-state index in [2.05, 4.69) is 0 Å². The maximum atomic E-state index is 12.2. The Morgan fingerprint density at radius 2 is 2.00 bits per heavy atom. The molecule has 0 radical (unpaired) electrons. The molecule has 0 aliphatic rings. The quantitative estimate of drug-likeness (QED) is 0.858. The molecule has 1 rings (SSSR count). The van der Waals surface area contributed by atoms with E-state index in [9.17, 15) is 8.42 Å². The standard InChI is InChI=1S/C11H17ClN2O2S/c1-8(2)7-14(3)17(15,16)11-6-9(13)4-5-10(11)12/h4-6,8H,7,13H2,1-3H3. The number of nitrogens with two attached hydrogens (primary N) is 1. The van der Waals surface area contributed by atoms with Crippen molar-refractivity contribution in [2.24, 2.45) is 5.92 Å². The monoisotopic (exact) mass is 276 g/mol. The highest BCUT2D eigenvalue weighted by Crippen LogP contribution is 2.26. The van der Waals surface area contributed by atoms with Crippen LogP contribution in [-0.2, 0) is 10.0 Å². The van der Waals surface area contributed by atoms with E-state index in [4.69, 9.17) is 17.3 Å². The lowest BCUT2D eigenvalue weighted by atomic mass is 10.2. The van der Waals surface area contributed by atoms with Gasteiger partial charge in [0.2, 0.25) is 10.0 Å². The summed E-state index contributed by atoms with van der Waals surface area (Å²) in [5, 5.41) is 0.190. The SMILES string of the molecule is CC(C)CN(C)S(=O)(=O)c1cc(N)ccc1Cl. The molecule has 17 heavy (non-hydrogen) atoms. The van der Waals surface area contributed by atoms with E-state index in [1.165, 1.54) is 23.5 Å². The maximum Gasteiger partial charge on any atom is 0.244 e. The summed E-state index contributed by atoms with van der Waals surface area (Å²) in [7, 11) is -2.03. The van der Waals surface area contributed by atoms with Crippen LogP contribution in [0.1, 0.15) is 13.8 Å². The molecule has 6 heteroatoms. The Kier molecular flexibility index (Phi) is 4.41. The Balaban J connectivity index is 3.17. The molecule has 2 N–H and O–H groups in total. The Morgan fingerprint density at radius 3 is 2.53 bits per heavy atom. The first-order chi connectivity index (χ1) is 7.75. The number of benzene rings is 1. The summed E-state index contributed by atoms with van der Waals surface area (Å²) in [4.78, 5) is 0.0577. The molecule has 0 heterocycles. The van der Waals surface area contributed by atoms with E-state index in [1.54, 1.807) is 6.07 Å². The summed E-state index contributed by atoms with van der Waals surface area (Å²) in [5.41, 5.74) is 5.96. The summed E-state index contributed by atoms with van der Waals surface area (Å²) in [5.74, 6) is 0.245. The molecule has 0 saturated carbocycles. The first-order valence-electron chi connectivity index (χ1n) is 5.26. The first kappa shape index (κ1) is 14.3. The predicted octanol–water partition coefficient (Wildman–Crippen LogP) is 2.20. The summed E-state index contributed by atoms with van der Waals surface area (Å²) in [6.45, 7) is 4.34. The summed E-state index contributed by atoms with van der Waals surface area (Å²) >= 11 is 5.90. The Bertz CT molecular complexity index is 500. The van der Waals surface area contributed by atoms with Crippen LogP contribution in [0, 0.1) is 5.92 Å². The third-order valence-corrected chi connectivity index (χ3v) is 4.57. The van der Waals surface area contributed by atoms with Crippen LogP contribution in [0.3, 0.4) is 0 Å². The minimum Gasteiger partial charge on any atom is -0.399 e. The van der Waals surface area contributed by atoms with Crippen molar-refractivity contribution in [3.63, 3.8) is 0 Å². The van der Waals surface area contributed by atoms with E-state index in [-0.39, 0.29) is 15.8 Å². The van der Waals surface area contributed by atoms with Gasteiger partial charge in [-0.25, -0.2) is 12.7 Å². The zero-order chi connectivity index (χ0) is 13.2. The second-order valence-electron chi connectivity index (χ2n) is 4.37. The molecule has 0 saturated heterocycles. The summed E-state index contributed by atoms with van der Waals surface area (Å²) < 4.78 is 25.7. The van der Waals surface area contributed by atoms with Gasteiger partial charge in [-0.1, -0.05) is 25.4 Å². The van der Waals surface area contributed by atoms with Gasteiger partial charge in [-0.3, -0.25) is 0 Å². The molecule has 0 unspecified atom stereocenters. The predicted molar refractivity (Wildman–Crippen MR) is 70.5 cm³/mol. The van der Waals surface area contributed by atoms with Crippen LogP contribution in [0.2, 0.25) is 5.02 Å². The molecule has 0 spiro atoms. The average molecular weight is 277 g/mol. The number of rotatable bonds is 4. The molecule has 0 atom stereocenters. The van der Waals surface area contributed by atoms with E-state index in [1.807, 2.05) is 13.8 Å². The number of anilines is 1. The van der Waals surface area contributed by atoms with Gasteiger partial charge in [-0.05, 0) is 24.1 Å². The Labute approximate surface area is 107 Å². The van der Waals surface area contributed by atoms with E-state index in [0.29, 0.717) is 12.2 Å². The smallest absolute Gasteiger partial charge is 0.244 e. The fourth-order valence-electron chi connectivity index (χ4n) is 1.50. The molecule has 0 amide bonds. The molecule has 1 aromatic rings. The molecule has 0 aromatic heterocycles. The molecule has 4 nitrogen and oxygen atoms in total. The van der Waals surface area contributed by atoms with E-state index < -0.39 is 10.0 Å². The zero-order valence-electron chi connectivity index (χ0n) is 10.1. The van der Waals surface area contributed by atoms with Crippen LogP contribution in [0.5, 0.6) is 0 Å². The van der Waals surface area contributed by atoms with Crippen molar-refractivity contribution in [2.75, 3.05) is 19.3 Å². The maximum absolute atomic E-state index is 12.2. The van der Waals surface area contributed by atoms with Crippen LogP contribution in [0.4, 0.5) is 5.69 Å². The fraction of sp³-hybridized carbons (Fsp3) is 0.455. The number of hydrogen-bond donors (Lipinski definition) is 1. The van der Waals surface area contributed by atoms with Crippen molar-refractivity contribution in [3.05, 3.63) is 23.2 Å². The van der Waals surface area contributed by atoms with Gasteiger partial charge in [0.1, 0.15) is 4.90 Å². The van der Waals surface area contributed by atoms with Crippen LogP contribution < -0.4 is 5.73 Å². The zero-order valence-corrected chi connectivity index (χ0v) is 11.7. The summed E-state index contributed by atoms with van der Waals surface area (Å²) in [6, 6.07) is 4.45. The van der Waals surface area contributed by atoms with Gasteiger partial charge in [-0.2, -0.15) is 0 Å². The van der Waals surface area contributed by atoms with Crippen molar-refractivity contribution in [1.29, 1.82) is 0 Å². The first-order valence-corrected chi connectivity index (χ1v) is 7.08. The molecule has 0 bridgehead atoms. The van der Waals surface area contributed by atoms with Crippen LogP contribution in [-0.4, -0.2) is 26.3 Å². The molecular weight excluding hydrogens is 260 g/mol. The van der Waals surface area contributed by atoms with Crippen molar-refractivity contribution in [1.82, 2.24) is 4.31 Å². The topological polar surface area (TPSA) is 63.4 Å². The van der Waals surface area contributed by atoms with E-state index in [0.717, 1.165) is 0 Å². The molecule has 0 aliphatic heterocycles. The average Bonchev–Trinajstić information content (AvgIpc) is 2.20. The number of halogens is 1. The van der Waals surface area contributed by atoms with Gasteiger partial charge < -0.3 is 5.73 Å². The Hall–Kier alpha value is -0.780. The highest BCUT2D eigenvalue weighted by molar-refractivity contribution is 7.89. The highest BCUT2D eigenvalue weighted by atomic mass is 35.5. The third kappa shape index (κ3) is 3.34.